The smallest absolute Gasteiger partial charge is 0.404 e. The molecule has 0 radical (unpaired) electrons. The summed E-state index contributed by atoms with van der Waals surface area (Å²) in [6.07, 6.45) is 1.62. The summed E-state index contributed by atoms with van der Waals surface area (Å²) in [5.74, 6) is -0.280. The van der Waals surface area contributed by atoms with E-state index in [4.69, 9.17) is 21.1 Å². The van der Waals surface area contributed by atoms with Gasteiger partial charge in [0.2, 0.25) is 0 Å². The second-order valence-corrected chi connectivity index (χ2v) is 8.82. The Hall–Kier alpha value is -2.15. The molecular formula is C20H24ClNO6. The van der Waals surface area contributed by atoms with Gasteiger partial charge in [-0.15, -0.1) is 0 Å². The lowest BCUT2D eigenvalue weighted by Crippen LogP contribution is -2.40. The van der Waals surface area contributed by atoms with Crippen molar-refractivity contribution < 1.29 is 24.0 Å². The van der Waals surface area contributed by atoms with Gasteiger partial charge in [-0.1, -0.05) is 20.8 Å². The zero-order chi connectivity index (χ0) is 20.7. The lowest BCUT2D eigenvalue weighted by atomic mass is 9.70. The monoisotopic (exact) mass is 409 g/mol. The fourth-order valence-electron chi connectivity index (χ4n) is 5.20. The van der Waals surface area contributed by atoms with E-state index in [1.54, 1.807) is 12.1 Å². The summed E-state index contributed by atoms with van der Waals surface area (Å²) in [4.78, 5) is 34.1. The van der Waals surface area contributed by atoms with E-state index >= 15 is 0 Å². The molecule has 152 valence electrons. The van der Waals surface area contributed by atoms with Crippen LogP contribution < -0.4 is 0 Å². The van der Waals surface area contributed by atoms with Gasteiger partial charge in [0.15, 0.2) is 0 Å². The zero-order valence-corrected chi connectivity index (χ0v) is 16.9. The maximum Gasteiger partial charge on any atom is 0.404 e. The van der Waals surface area contributed by atoms with Crippen molar-refractivity contribution in [3.05, 3.63) is 39.9 Å². The third kappa shape index (κ3) is 3.48. The molecule has 0 amide bonds. The molecule has 2 aliphatic carbocycles. The summed E-state index contributed by atoms with van der Waals surface area (Å²) in [6, 6.07) is 5.87. The van der Waals surface area contributed by atoms with Crippen molar-refractivity contribution in [2.75, 3.05) is 0 Å². The average Bonchev–Trinajstić information content (AvgIpc) is 2.93. The number of esters is 1. The number of carbonyl (C=O) groups is 2. The third-order valence-electron chi connectivity index (χ3n) is 7.08. The number of hydrogen-bond acceptors (Lipinski definition) is 6. The van der Waals surface area contributed by atoms with Crippen LogP contribution in [-0.4, -0.2) is 22.4 Å². The molecule has 28 heavy (non-hydrogen) atoms. The molecule has 7 nitrogen and oxygen atoms in total. The molecular weight excluding hydrogens is 386 g/mol. The number of hydrogen-bond donors (Lipinski definition) is 0. The fraction of sp³-hybridized carbons (Fsp3) is 0.600. The van der Waals surface area contributed by atoms with Crippen LogP contribution in [0.3, 0.4) is 0 Å². The van der Waals surface area contributed by atoms with E-state index in [9.17, 15) is 19.7 Å². The molecule has 3 rings (SSSR count). The number of nitrogens with zero attached hydrogens (tertiary/aromatic N) is 1. The summed E-state index contributed by atoms with van der Waals surface area (Å²) in [5.41, 5.74) is -0.501. The van der Waals surface area contributed by atoms with Gasteiger partial charge in [0.25, 0.3) is 5.69 Å². The quantitative estimate of drug-likeness (QED) is 0.288. The molecule has 0 spiro atoms. The highest BCUT2D eigenvalue weighted by molar-refractivity contribution is 6.61. The predicted octanol–water partition coefficient (Wildman–Crippen LogP) is 4.84. The maximum atomic E-state index is 12.5. The zero-order valence-electron chi connectivity index (χ0n) is 16.1. The predicted molar refractivity (Wildman–Crippen MR) is 102 cm³/mol. The number of benzene rings is 1. The molecule has 1 aromatic rings. The first kappa shape index (κ1) is 20.6. The summed E-state index contributed by atoms with van der Waals surface area (Å²) in [7, 11) is 0. The molecule has 1 unspecified atom stereocenters. The van der Waals surface area contributed by atoms with Crippen molar-refractivity contribution in [2.24, 2.45) is 22.7 Å². The van der Waals surface area contributed by atoms with Gasteiger partial charge in [0.05, 0.1) is 11.3 Å². The Balaban J connectivity index is 1.65. The van der Waals surface area contributed by atoms with Crippen LogP contribution in [0, 0.1) is 32.8 Å². The van der Waals surface area contributed by atoms with E-state index in [1.165, 1.54) is 12.1 Å². The Bertz CT molecular complexity index is 792. The van der Waals surface area contributed by atoms with Gasteiger partial charge in [-0.3, -0.25) is 14.9 Å². The van der Waals surface area contributed by atoms with Gasteiger partial charge < -0.3 is 9.47 Å². The van der Waals surface area contributed by atoms with E-state index in [2.05, 4.69) is 20.8 Å². The summed E-state index contributed by atoms with van der Waals surface area (Å²) < 4.78 is 10.8. The molecule has 2 saturated carbocycles. The van der Waals surface area contributed by atoms with E-state index in [0.717, 1.165) is 12.8 Å². The Kier molecular flexibility index (Phi) is 5.40. The van der Waals surface area contributed by atoms with Gasteiger partial charge in [0, 0.05) is 35.1 Å². The highest BCUT2D eigenvalue weighted by atomic mass is 35.5. The van der Waals surface area contributed by atoms with Crippen LogP contribution in [-0.2, 0) is 20.9 Å². The van der Waals surface area contributed by atoms with Crippen LogP contribution in [0.25, 0.3) is 0 Å². The number of carbonyl (C=O) groups excluding carboxylic acids is 2. The lowest BCUT2D eigenvalue weighted by molar-refractivity contribution is -0.384. The first-order valence-electron chi connectivity index (χ1n) is 9.31. The van der Waals surface area contributed by atoms with Crippen LogP contribution in [0.4, 0.5) is 10.5 Å². The minimum atomic E-state index is -0.848. The molecule has 2 aliphatic rings. The highest BCUT2D eigenvalue weighted by Gasteiger charge is 2.67. The molecule has 2 fully saturated rings. The molecule has 0 aromatic heterocycles. The second-order valence-electron chi connectivity index (χ2n) is 8.51. The second kappa shape index (κ2) is 7.35. The van der Waals surface area contributed by atoms with E-state index in [0.29, 0.717) is 5.56 Å². The van der Waals surface area contributed by atoms with E-state index in [-0.39, 0.29) is 47.4 Å². The van der Waals surface area contributed by atoms with Crippen LogP contribution in [0.1, 0.15) is 45.6 Å². The fourth-order valence-corrected chi connectivity index (χ4v) is 5.30. The van der Waals surface area contributed by atoms with Crippen LogP contribution in [0.15, 0.2) is 24.3 Å². The van der Waals surface area contributed by atoms with Gasteiger partial charge in [-0.25, -0.2) is 4.79 Å². The molecule has 0 saturated heterocycles. The first-order chi connectivity index (χ1) is 13.1. The van der Waals surface area contributed by atoms with Crippen LogP contribution in [0.2, 0.25) is 0 Å². The molecule has 1 aromatic carbocycles. The number of fused-ring (bicyclic) bond motifs is 2. The van der Waals surface area contributed by atoms with Gasteiger partial charge in [0.1, 0.15) is 12.7 Å². The largest absolute Gasteiger partial charge is 0.461 e. The third-order valence-corrected chi connectivity index (χ3v) is 7.17. The van der Waals surface area contributed by atoms with Gasteiger partial charge >= 0.3 is 11.4 Å². The van der Waals surface area contributed by atoms with Crippen molar-refractivity contribution in [2.45, 2.75) is 52.7 Å². The van der Waals surface area contributed by atoms with Crippen LogP contribution >= 0.6 is 11.6 Å². The normalized spacial score (nSPS) is 30.1. The standard InChI is InChI=1S/C20H24ClNO6/c1-19(2)15-8-9-20(19,3)17(28-18(21)24)14(15)10-16(23)27-11-12-4-6-13(7-5-12)22(25)26/h4-7,14-15,17H,8-11H2,1-3H3/t14-,15?,17+,20-/m0/s1. The van der Waals surface area contributed by atoms with Gasteiger partial charge in [-0.2, -0.15) is 0 Å². The van der Waals surface area contributed by atoms with Crippen molar-refractivity contribution in [3.63, 3.8) is 0 Å². The van der Waals surface area contributed by atoms with Crippen molar-refractivity contribution in [1.29, 1.82) is 0 Å². The number of rotatable bonds is 6. The molecule has 0 heterocycles. The Labute approximate surface area is 168 Å². The minimum absolute atomic E-state index is 0.0155. The summed E-state index contributed by atoms with van der Waals surface area (Å²) in [5, 5.41) is 10.7. The number of halogens is 1. The van der Waals surface area contributed by atoms with Crippen molar-refractivity contribution in [3.8, 4) is 0 Å². The van der Waals surface area contributed by atoms with Crippen molar-refractivity contribution >= 4 is 28.7 Å². The first-order valence-corrected chi connectivity index (χ1v) is 9.69. The topological polar surface area (TPSA) is 95.7 Å². The average molecular weight is 410 g/mol. The number of ether oxygens (including phenoxy) is 2. The molecule has 2 bridgehead atoms. The van der Waals surface area contributed by atoms with Gasteiger partial charge in [-0.05, 0) is 41.9 Å². The van der Waals surface area contributed by atoms with E-state index < -0.39 is 16.5 Å². The maximum absolute atomic E-state index is 12.5. The minimum Gasteiger partial charge on any atom is -0.461 e. The van der Waals surface area contributed by atoms with E-state index in [1.807, 2.05) is 0 Å². The Morgan fingerprint density at radius 3 is 2.46 bits per heavy atom. The highest BCUT2D eigenvalue weighted by Crippen LogP contribution is 2.69. The number of nitro groups is 1. The molecule has 4 atom stereocenters. The Morgan fingerprint density at radius 1 is 1.25 bits per heavy atom. The molecule has 0 N–H and O–H groups in total. The van der Waals surface area contributed by atoms with Crippen LogP contribution in [0.5, 0.6) is 0 Å². The summed E-state index contributed by atoms with van der Waals surface area (Å²) >= 11 is 5.50. The Morgan fingerprint density at radius 2 is 1.89 bits per heavy atom. The molecule has 8 heteroatoms. The SMILES string of the molecule is CC1(C)C2CC[C@@]1(C)[C@H](OC(=O)Cl)[C@H]2CC(=O)OCc1ccc([N+](=O)[O-])cc1. The van der Waals surface area contributed by atoms with Crippen molar-refractivity contribution in [1.82, 2.24) is 0 Å². The number of non-ortho nitro benzene ring substituents is 1. The molecule has 0 aliphatic heterocycles. The number of nitro benzene ring substituents is 1. The summed E-state index contributed by atoms with van der Waals surface area (Å²) in [6.45, 7) is 6.44. The lowest BCUT2D eigenvalue weighted by Gasteiger charge is -2.39.